The number of nitro benzene ring substituents is 1. The average molecular weight is 618 g/mol. The van der Waals surface area contributed by atoms with Gasteiger partial charge in [0.25, 0.3) is 11.6 Å². The molecule has 1 aromatic heterocycles. The molecule has 1 aliphatic carbocycles. The predicted octanol–water partition coefficient (Wildman–Crippen LogP) is -2.39. The Morgan fingerprint density at radius 3 is 2.53 bits per heavy atom. The monoisotopic (exact) mass is 617 g/mol. The Morgan fingerprint density at radius 2 is 1.93 bits per heavy atom. The van der Waals surface area contributed by atoms with Crippen LogP contribution in [0.1, 0.15) is 44.0 Å². The summed E-state index contributed by atoms with van der Waals surface area (Å²) in [6.45, 7) is 5.52. The van der Waals surface area contributed by atoms with Crippen molar-refractivity contribution < 1.29 is 58.8 Å². The molecular formula is C28H28N5NaO8S. The summed E-state index contributed by atoms with van der Waals surface area (Å²) in [7, 11) is 0. The number of carboxylic acid groups (broad SMARTS) is 1. The Kier molecular flexibility index (Phi) is 9.26. The van der Waals surface area contributed by atoms with Crippen LogP contribution < -0.4 is 50.7 Å². The molecule has 2 fully saturated rings. The Balaban J connectivity index is 0.00000423. The van der Waals surface area contributed by atoms with Crippen LogP contribution in [0, 0.1) is 10.1 Å². The summed E-state index contributed by atoms with van der Waals surface area (Å²) < 4.78 is 0.773. The number of aromatic nitrogens is 1. The van der Waals surface area contributed by atoms with Gasteiger partial charge >= 0.3 is 29.6 Å². The van der Waals surface area contributed by atoms with Crippen LogP contribution in [0.15, 0.2) is 53.0 Å². The largest absolute Gasteiger partial charge is 1.00 e. The zero-order valence-corrected chi connectivity index (χ0v) is 26.8. The number of carbonyl (C=O) groups excluding carboxylic acids is 4. The minimum Gasteiger partial charge on any atom is -0.548 e. The van der Waals surface area contributed by atoms with Crippen LogP contribution in [0.3, 0.4) is 0 Å². The van der Waals surface area contributed by atoms with Crippen LogP contribution in [0.4, 0.5) is 5.69 Å². The van der Waals surface area contributed by atoms with Gasteiger partial charge in [0.05, 0.1) is 27.8 Å². The molecule has 1 unspecified atom stereocenters. The number of hydrogen-bond donors (Lipinski definition) is 2. The number of non-ortho nitro benzene ring substituents is 1. The summed E-state index contributed by atoms with van der Waals surface area (Å²) in [6, 6.07) is 0.438. The number of nitrogens with zero attached hydrogens (tertiary/aromatic N) is 3. The van der Waals surface area contributed by atoms with Gasteiger partial charge in [-0.15, -0.1) is 11.8 Å². The summed E-state index contributed by atoms with van der Waals surface area (Å²) in [5, 5.41) is 27.7. The molecule has 0 saturated carbocycles. The van der Waals surface area contributed by atoms with Crippen LogP contribution in [0.25, 0.3) is 10.9 Å². The molecule has 5 rings (SSSR count). The van der Waals surface area contributed by atoms with E-state index in [1.54, 1.807) is 31.4 Å². The topological polar surface area (TPSA) is 184 Å². The number of pyridine rings is 1. The molecule has 0 radical (unpaired) electrons. The number of fused-ring (bicyclic) bond motifs is 2. The van der Waals surface area contributed by atoms with E-state index in [2.05, 4.69) is 10.6 Å². The second-order valence-corrected chi connectivity index (χ2v) is 12.5. The standard InChI is InChI=1S/C28H29N5O8S.Na/c1-4-31-13-17(21(34)16-12-15(33(40)41)10-11-18(16)31)23(35)29-19(14-8-6-5-7-9-14)24(36)30-20-25(37)32-22(27(38)39)28(2,3)42-26(20)32;/h5-6,9-13,19-20,22,26H,4,7-8H2,1-3H3,(H,29,35)(H,30,36)(H,38,39);/q;+1/p-1/t19?,20-,22+,26-;/m1./s1. The molecule has 13 nitrogen and oxygen atoms in total. The van der Waals surface area contributed by atoms with Crippen LogP contribution in [0.2, 0.25) is 0 Å². The molecule has 43 heavy (non-hydrogen) atoms. The van der Waals surface area contributed by atoms with E-state index < -0.39 is 62.3 Å². The Bertz CT molecular complexity index is 1670. The van der Waals surface area contributed by atoms with Gasteiger partial charge in [0, 0.05) is 29.6 Å². The van der Waals surface area contributed by atoms with Crippen molar-refractivity contribution in [3.63, 3.8) is 0 Å². The Hall–Kier alpha value is -3.46. The average Bonchev–Trinajstić information content (AvgIpc) is 3.22. The second kappa shape index (κ2) is 12.3. The first-order valence-corrected chi connectivity index (χ1v) is 14.2. The van der Waals surface area contributed by atoms with E-state index in [9.17, 15) is 39.2 Å². The molecule has 0 bridgehead atoms. The SMILES string of the molecule is CCn1cc(C(=O)NC(C(=O)N[C@@H]2C(=O)N3[C@@H]2SC(C)(C)[C@@H]3C(=O)[O-])C2=CCC=CC2)c(=O)c2cc([N+](=O)[O-])ccc21.[Na+]. The van der Waals surface area contributed by atoms with Crippen molar-refractivity contribution in [1.82, 2.24) is 20.1 Å². The number of benzene rings is 1. The summed E-state index contributed by atoms with van der Waals surface area (Å²) >= 11 is 1.24. The summed E-state index contributed by atoms with van der Waals surface area (Å²) in [4.78, 5) is 77.1. The maximum atomic E-state index is 13.6. The molecule has 2 saturated heterocycles. The van der Waals surface area contributed by atoms with Gasteiger partial charge in [-0.1, -0.05) is 18.2 Å². The van der Waals surface area contributed by atoms with E-state index in [1.165, 1.54) is 35.0 Å². The number of nitro groups is 1. The number of rotatable bonds is 8. The van der Waals surface area contributed by atoms with Crippen LogP contribution >= 0.6 is 11.8 Å². The third kappa shape index (κ3) is 5.76. The van der Waals surface area contributed by atoms with Gasteiger partial charge in [0.1, 0.15) is 23.0 Å². The molecule has 4 atom stereocenters. The van der Waals surface area contributed by atoms with Crippen molar-refractivity contribution in [3.05, 3.63) is 74.1 Å². The minimum atomic E-state index is -1.38. The van der Waals surface area contributed by atoms with E-state index in [4.69, 9.17) is 0 Å². The zero-order chi connectivity index (χ0) is 30.5. The van der Waals surface area contributed by atoms with Crippen molar-refractivity contribution in [2.24, 2.45) is 0 Å². The maximum absolute atomic E-state index is 13.6. The fourth-order valence-corrected chi connectivity index (χ4v) is 7.30. The summed E-state index contributed by atoms with van der Waals surface area (Å²) in [6.07, 6.45) is 7.68. The maximum Gasteiger partial charge on any atom is 1.00 e. The third-order valence-electron chi connectivity index (χ3n) is 7.77. The third-order valence-corrected chi connectivity index (χ3v) is 9.34. The molecular weight excluding hydrogens is 589 g/mol. The van der Waals surface area contributed by atoms with Gasteiger partial charge < -0.3 is 30.0 Å². The fraction of sp³-hybridized carbons (Fsp3) is 0.393. The summed E-state index contributed by atoms with van der Waals surface area (Å²) in [5.74, 6) is -3.49. The zero-order valence-electron chi connectivity index (χ0n) is 24.0. The van der Waals surface area contributed by atoms with Gasteiger partial charge in [-0.25, -0.2) is 0 Å². The molecule has 220 valence electrons. The number of carboxylic acids is 1. The van der Waals surface area contributed by atoms with E-state index in [0.717, 1.165) is 6.07 Å². The molecule has 3 heterocycles. The first-order chi connectivity index (χ1) is 19.9. The van der Waals surface area contributed by atoms with E-state index in [0.29, 0.717) is 30.5 Å². The predicted molar refractivity (Wildman–Crippen MR) is 151 cm³/mol. The number of hydrogen-bond acceptors (Lipinski definition) is 9. The van der Waals surface area contributed by atoms with E-state index >= 15 is 0 Å². The van der Waals surface area contributed by atoms with Crippen LogP contribution in [0.5, 0.6) is 0 Å². The second-order valence-electron chi connectivity index (χ2n) is 10.8. The first-order valence-electron chi connectivity index (χ1n) is 13.3. The van der Waals surface area contributed by atoms with Gasteiger partial charge in [-0.2, -0.15) is 0 Å². The quantitative estimate of drug-likeness (QED) is 0.107. The van der Waals surface area contributed by atoms with E-state index in [-0.39, 0.29) is 46.2 Å². The van der Waals surface area contributed by atoms with Crippen molar-refractivity contribution in [2.75, 3.05) is 0 Å². The number of thioether (sulfide) groups is 1. The first kappa shape index (κ1) is 32.5. The number of aryl methyl sites for hydroxylation is 1. The van der Waals surface area contributed by atoms with Gasteiger partial charge in [0.15, 0.2) is 0 Å². The molecule has 15 heteroatoms. The molecule has 3 aliphatic rings. The van der Waals surface area contributed by atoms with Crippen molar-refractivity contribution in [1.29, 1.82) is 0 Å². The van der Waals surface area contributed by atoms with Gasteiger partial charge in [0.2, 0.25) is 17.2 Å². The summed E-state index contributed by atoms with van der Waals surface area (Å²) in [5.41, 5.74) is -0.366. The van der Waals surface area contributed by atoms with Crippen molar-refractivity contribution in [2.45, 2.75) is 68.4 Å². The number of carbonyl (C=O) groups is 4. The molecule has 2 aromatic rings. The van der Waals surface area contributed by atoms with Crippen LogP contribution in [-0.2, 0) is 20.9 Å². The molecule has 1 aromatic carbocycles. The van der Waals surface area contributed by atoms with Gasteiger partial charge in [-0.3, -0.25) is 29.3 Å². The fourth-order valence-electron chi connectivity index (χ4n) is 5.67. The van der Waals surface area contributed by atoms with Crippen molar-refractivity contribution in [3.8, 4) is 0 Å². The normalized spacial score (nSPS) is 22.5. The number of amides is 3. The number of aliphatic carboxylic acids is 1. The number of nitrogens with one attached hydrogen (secondary N) is 2. The Morgan fingerprint density at radius 1 is 1.21 bits per heavy atom. The number of allylic oxidation sites excluding steroid dienone is 3. The number of β-lactam (4-membered cyclic amide) rings is 1. The molecule has 3 amide bonds. The van der Waals surface area contributed by atoms with Crippen LogP contribution in [-0.4, -0.2) is 66.3 Å². The van der Waals surface area contributed by atoms with Crippen molar-refractivity contribution >= 4 is 52.0 Å². The minimum absolute atomic E-state index is 0. The Labute approximate surface area is 272 Å². The molecule has 2 N–H and O–H groups in total. The molecule has 0 spiro atoms. The molecule has 2 aliphatic heterocycles. The smallest absolute Gasteiger partial charge is 0.548 e. The van der Waals surface area contributed by atoms with E-state index in [1.807, 2.05) is 12.2 Å². The van der Waals surface area contributed by atoms with Gasteiger partial charge in [-0.05, 0) is 45.3 Å².